The first-order valence-electron chi connectivity index (χ1n) is 5.39. The third-order valence-corrected chi connectivity index (χ3v) is 4.48. The van der Waals surface area contributed by atoms with Crippen molar-refractivity contribution in [3.8, 4) is 0 Å². The van der Waals surface area contributed by atoms with Gasteiger partial charge in [0, 0.05) is 13.6 Å². The van der Waals surface area contributed by atoms with Gasteiger partial charge in [0.2, 0.25) is 0 Å². The fourth-order valence-electron chi connectivity index (χ4n) is 2.16. The Balaban J connectivity index is 2.98. The van der Waals surface area contributed by atoms with Crippen molar-refractivity contribution < 1.29 is 4.79 Å². The number of hydrogen-bond donors (Lipinski definition) is 1. The molecule has 4 heteroatoms. The molecule has 15 heavy (non-hydrogen) atoms. The standard InChI is InChI=1S/C11H22N2OS/c1-8(2)10(3)6-11(4,12)15-9(14)13(5)7-10/h8H,6-7,12H2,1-5H3. The fraction of sp³-hybridized carbons (Fsp3) is 0.909. The summed E-state index contributed by atoms with van der Waals surface area (Å²) in [6.07, 6.45) is 0.873. The molecule has 0 aromatic heterocycles. The summed E-state index contributed by atoms with van der Waals surface area (Å²) in [4.78, 5) is 13.1. The minimum absolute atomic E-state index is 0.0874. The molecular weight excluding hydrogens is 208 g/mol. The summed E-state index contributed by atoms with van der Waals surface area (Å²) in [6.45, 7) is 9.37. The smallest absolute Gasteiger partial charge is 0.283 e. The van der Waals surface area contributed by atoms with Crippen molar-refractivity contribution in [2.24, 2.45) is 17.1 Å². The van der Waals surface area contributed by atoms with Gasteiger partial charge in [0.25, 0.3) is 5.24 Å². The third-order valence-electron chi connectivity index (χ3n) is 3.38. The van der Waals surface area contributed by atoms with Crippen LogP contribution in [0.3, 0.4) is 0 Å². The van der Waals surface area contributed by atoms with E-state index in [2.05, 4.69) is 20.8 Å². The average Bonchev–Trinajstić information content (AvgIpc) is 2.07. The molecule has 0 radical (unpaired) electrons. The maximum Gasteiger partial charge on any atom is 0.283 e. The van der Waals surface area contributed by atoms with Crippen LogP contribution in [0.25, 0.3) is 0 Å². The number of rotatable bonds is 1. The van der Waals surface area contributed by atoms with Gasteiger partial charge in [-0.05, 0) is 36.4 Å². The lowest BCUT2D eigenvalue weighted by Crippen LogP contribution is -2.41. The first kappa shape index (κ1) is 12.8. The molecule has 0 saturated carbocycles. The van der Waals surface area contributed by atoms with Gasteiger partial charge >= 0.3 is 0 Å². The Bertz CT molecular complexity index is 265. The van der Waals surface area contributed by atoms with E-state index in [0.717, 1.165) is 13.0 Å². The van der Waals surface area contributed by atoms with E-state index in [0.29, 0.717) is 5.92 Å². The Labute approximate surface area is 96.8 Å². The van der Waals surface area contributed by atoms with Crippen molar-refractivity contribution in [3.63, 3.8) is 0 Å². The zero-order chi connectivity index (χ0) is 11.9. The van der Waals surface area contributed by atoms with E-state index in [-0.39, 0.29) is 10.7 Å². The molecule has 2 unspecified atom stereocenters. The normalized spacial score (nSPS) is 38.3. The fourth-order valence-corrected chi connectivity index (χ4v) is 3.19. The van der Waals surface area contributed by atoms with Crippen LogP contribution in [0.5, 0.6) is 0 Å². The Kier molecular flexibility index (Phi) is 3.41. The zero-order valence-corrected chi connectivity index (χ0v) is 11.1. The number of carbonyl (C=O) groups excluding carboxylic acids is 1. The molecule has 3 nitrogen and oxygen atoms in total. The highest BCUT2D eigenvalue weighted by molar-refractivity contribution is 8.14. The van der Waals surface area contributed by atoms with Crippen LogP contribution in [0.2, 0.25) is 0 Å². The minimum atomic E-state index is -0.444. The topological polar surface area (TPSA) is 46.3 Å². The van der Waals surface area contributed by atoms with Crippen LogP contribution >= 0.6 is 11.8 Å². The summed E-state index contributed by atoms with van der Waals surface area (Å²) in [5, 5.41) is 0.0874. The summed E-state index contributed by atoms with van der Waals surface area (Å²) in [5.74, 6) is 0.523. The average molecular weight is 230 g/mol. The Morgan fingerprint density at radius 2 is 2.00 bits per heavy atom. The van der Waals surface area contributed by atoms with E-state index in [1.165, 1.54) is 11.8 Å². The SMILES string of the molecule is CC(C)C1(C)CN(C)C(=O)SC(C)(N)C1. The van der Waals surface area contributed by atoms with Crippen LogP contribution < -0.4 is 5.73 Å². The van der Waals surface area contributed by atoms with Crippen molar-refractivity contribution in [1.29, 1.82) is 0 Å². The van der Waals surface area contributed by atoms with Gasteiger partial charge < -0.3 is 10.6 Å². The molecule has 1 amide bonds. The van der Waals surface area contributed by atoms with E-state index >= 15 is 0 Å². The quantitative estimate of drug-likeness (QED) is 0.753. The van der Waals surface area contributed by atoms with Gasteiger partial charge in [-0.2, -0.15) is 0 Å². The maximum atomic E-state index is 11.7. The summed E-state index contributed by atoms with van der Waals surface area (Å²) < 4.78 is 0. The largest absolute Gasteiger partial charge is 0.336 e. The van der Waals surface area contributed by atoms with Gasteiger partial charge in [0.05, 0.1) is 4.87 Å². The number of thioether (sulfide) groups is 1. The highest BCUT2D eigenvalue weighted by Crippen LogP contribution is 2.43. The number of nitrogens with two attached hydrogens (primary N) is 1. The van der Waals surface area contributed by atoms with Crippen LogP contribution in [-0.4, -0.2) is 28.6 Å². The van der Waals surface area contributed by atoms with Crippen molar-refractivity contribution in [3.05, 3.63) is 0 Å². The van der Waals surface area contributed by atoms with Gasteiger partial charge in [-0.25, -0.2) is 0 Å². The van der Waals surface area contributed by atoms with Crippen molar-refractivity contribution in [2.75, 3.05) is 13.6 Å². The molecule has 0 aromatic rings. The third kappa shape index (κ3) is 2.88. The predicted molar refractivity (Wildman–Crippen MR) is 65.8 cm³/mol. The second-order valence-corrected chi connectivity index (χ2v) is 7.01. The summed E-state index contributed by atoms with van der Waals surface area (Å²) in [5.41, 5.74) is 6.27. The lowest BCUT2D eigenvalue weighted by Gasteiger charge is -2.37. The summed E-state index contributed by atoms with van der Waals surface area (Å²) in [6, 6.07) is 0. The molecule has 0 bridgehead atoms. The summed E-state index contributed by atoms with van der Waals surface area (Å²) >= 11 is 1.26. The number of hydrogen-bond acceptors (Lipinski definition) is 3. The molecule has 0 spiro atoms. The van der Waals surface area contributed by atoms with Crippen molar-refractivity contribution in [1.82, 2.24) is 4.90 Å². The molecule has 1 saturated heterocycles. The highest BCUT2D eigenvalue weighted by atomic mass is 32.2. The van der Waals surface area contributed by atoms with Gasteiger partial charge in [-0.15, -0.1) is 0 Å². The molecule has 1 heterocycles. The monoisotopic (exact) mass is 230 g/mol. The van der Waals surface area contributed by atoms with E-state index in [4.69, 9.17) is 5.73 Å². The summed E-state index contributed by atoms with van der Waals surface area (Å²) in [7, 11) is 1.86. The molecule has 2 atom stereocenters. The van der Waals surface area contributed by atoms with Crippen LogP contribution in [0, 0.1) is 11.3 Å². The second kappa shape index (κ2) is 3.98. The number of amides is 1. The van der Waals surface area contributed by atoms with E-state index < -0.39 is 4.87 Å². The molecule has 0 aromatic carbocycles. The maximum absolute atomic E-state index is 11.7. The molecule has 88 valence electrons. The van der Waals surface area contributed by atoms with Gasteiger partial charge in [0.15, 0.2) is 0 Å². The molecule has 1 fully saturated rings. The van der Waals surface area contributed by atoms with Gasteiger partial charge in [-0.3, -0.25) is 4.79 Å². The van der Waals surface area contributed by atoms with Crippen molar-refractivity contribution in [2.45, 2.75) is 39.0 Å². The Hall–Kier alpha value is -0.220. The van der Waals surface area contributed by atoms with Gasteiger partial charge in [-0.1, -0.05) is 20.8 Å². The molecule has 1 rings (SSSR count). The second-order valence-electron chi connectivity index (χ2n) is 5.52. The van der Waals surface area contributed by atoms with E-state index in [9.17, 15) is 4.79 Å². The lowest BCUT2D eigenvalue weighted by atomic mass is 9.74. The Morgan fingerprint density at radius 3 is 2.47 bits per heavy atom. The van der Waals surface area contributed by atoms with Crippen molar-refractivity contribution >= 4 is 17.0 Å². The van der Waals surface area contributed by atoms with Crippen LogP contribution in [0.1, 0.15) is 34.1 Å². The highest BCUT2D eigenvalue weighted by Gasteiger charge is 2.42. The number of nitrogens with zero attached hydrogens (tertiary/aromatic N) is 1. The number of carbonyl (C=O) groups is 1. The van der Waals surface area contributed by atoms with Crippen LogP contribution in [-0.2, 0) is 0 Å². The molecule has 0 aliphatic carbocycles. The minimum Gasteiger partial charge on any atom is -0.336 e. The predicted octanol–water partition coefficient (Wildman–Crippen LogP) is 2.51. The zero-order valence-electron chi connectivity index (χ0n) is 10.3. The molecule has 2 N–H and O–H groups in total. The lowest BCUT2D eigenvalue weighted by molar-refractivity contribution is 0.135. The molecule has 1 aliphatic heterocycles. The van der Waals surface area contributed by atoms with E-state index in [1.54, 1.807) is 4.90 Å². The molecule has 1 aliphatic rings. The Morgan fingerprint density at radius 1 is 1.47 bits per heavy atom. The van der Waals surface area contributed by atoms with E-state index in [1.807, 2.05) is 14.0 Å². The van der Waals surface area contributed by atoms with Crippen LogP contribution in [0.15, 0.2) is 0 Å². The first-order chi connectivity index (χ1) is 6.66. The molecular formula is C11H22N2OS. The van der Waals surface area contributed by atoms with Gasteiger partial charge in [0.1, 0.15) is 0 Å². The van der Waals surface area contributed by atoms with Crippen LogP contribution in [0.4, 0.5) is 4.79 Å². The first-order valence-corrected chi connectivity index (χ1v) is 6.21.